The first-order valence-electron chi connectivity index (χ1n) is 9.25. The van der Waals surface area contributed by atoms with Crippen LogP contribution in [-0.4, -0.2) is 34.3 Å². The minimum absolute atomic E-state index is 0.248. The lowest BCUT2D eigenvalue weighted by Crippen LogP contribution is -2.53. The maximum Gasteiger partial charge on any atom is 0.0639 e. The van der Waals surface area contributed by atoms with Crippen molar-refractivity contribution in [3.05, 3.63) is 35.5 Å². The van der Waals surface area contributed by atoms with Crippen LogP contribution in [0, 0.1) is 5.41 Å². The zero-order valence-electron chi connectivity index (χ0n) is 14.0. The van der Waals surface area contributed by atoms with Gasteiger partial charge in [0.05, 0.1) is 18.7 Å². The van der Waals surface area contributed by atoms with Crippen molar-refractivity contribution < 1.29 is 5.11 Å². The van der Waals surface area contributed by atoms with E-state index >= 15 is 0 Å². The van der Waals surface area contributed by atoms with Crippen molar-refractivity contribution in [2.75, 3.05) is 19.7 Å². The monoisotopic (exact) mass is 310 g/mol. The van der Waals surface area contributed by atoms with E-state index in [0.29, 0.717) is 11.5 Å². The third kappa shape index (κ3) is 1.67. The second kappa shape index (κ2) is 4.84. The van der Waals surface area contributed by atoms with Crippen molar-refractivity contribution in [1.29, 1.82) is 0 Å². The van der Waals surface area contributed by atoms with Crippen molar-refractivity contribution in [3.8, 4) is 0 Å². The molecule has 1 fully saturated rings. The van der Waals surface area contributed by atoms with E-state index in [2.05, 4.69) is 40.7 Å². The Labute approximate surface area is 137 Å². The Bertz CT molecular complexity index is 764. The number of hydrogen-bond acceptors (Lipinski definition) is 2. The van der Waals surface area contributed by atoms with Gasteiger partial charge in [0.1, 0.15) is 0 Å². The summed E-state index contributed by atoms with van der Waals surface area (Å²) in [5.74, 6) is 0. The average molecular weight is 310 g/mol. The van der Waals surface area contributed by atoms with Crippen LogP contribution in [0.1, 0.15) is 55.9 Å². The van der Waals surface area contributed by atoms with Gasteiger partial charge in [0.25, 0.3) is 0 Å². The predicted molar refractivity (Wildman–Crippen MR) is 92.7 cm³/mol. The lowest BCUT2D eigenvalue weighted by molar-refractivity contribution is -0.0421. The summed E-state index contributed by atoms with van der Waals surface area (Å²) in [6.45, 7) is 5.08. The van der Waals surface area contributed by atoms with Crippen molar-refractivity contribution in [3.63, 3.8) is 0 Å². The van der Waals surface area contributed by atoms with Crippen molar-refractivity contribution >= 4 is 10.9 Å². The molecule has 0 bridgehead atoms. The Balaban J connectivity index is 1.85. The summed E-state index contributed by atoms with van der Waals surface area (Å²) in [6.07, 6.45) is 6.16. The van der Waals surface area contributed by atoms with Crippen LogP contribution in [0.25, 0.3) is 10.9 Å². The number of para-hydroxylation sites is 1. The van der Waals surface area contributed by atoms with Crippen molar-refractivity contribution in [2.45, 2.75) is 51.1 Å². The second-order valence-corrected chi connectivity index (χ2v) is 7.80. The molecule has 2 aromatic rings. The molecule has 4 heterocycles. The van der Waals surface area contributed by atoms with Crippen LogP contribution in [-0.2, 0) is 6.42 Å². The minimum atomic E-state index is 0.248. The van der Waals surface area contributed by atoms with Crippen LogP contribution in [0.3, 0.4) is 0 Å². The van der Waals surface area contributed by atoms with Gasteiger partial charge in [-0.25, -0.2) is 0 Å². The highest BCUT2D eigenvalue weighted by Gasteiger charge is 2.52. The molecule has 3 aliphatic heterocycles. The summed E-state index contributed by atoms with van der Waals surface area (Å²) in [4.78, 5) is 2.75. The van der Waals surface area contributed by atoms with E-state index in [9.17, 15) is 5.11 Å². The standard InChI is InChI=1S/C20H26N2O/c1-2-20-9-5-10-21-11-8-16-15-6-3-4-7-17(15)22(14(12-20)13-23)18(16)19(20)21/h3-4,6-7,14,19,23H,2,5,8-13H2,1H3/t14-,19-,20+/m0/s1. The number of aliphatic hydroxyl groups is 1. The molecule has 23 heavy (non-hydrogen) atoms. The predicted octanol–water partition coefficient (Wildman–Crippen LogP) is 3.67. The number of nitrogens with zero attached hydrogens (tertiary/aromatic N) is 2. The summed E-state index contributed by atoms with van der Waals surface area (Å²) in [6, 6.07) is 9.67. The first-order valence-corrected chi connectivity index (χ1v) is 9.25. The van der Waals surface area contributed by atoms with Crippen molar-refractivity contribution in [1.82, 2.24) is 9.47 Å². The van der Waals surface area contributed by atoms with Crippen LogP contribution in [0.2, 0.25) is 0 Å². The van der Waals surface area contributed by atoms with E-state index in [1.165, 1.54) is 43.3 Å². The number of benzene rings is 1. The number of fused-ring (bicyclic) bond motifs is 3. The van der Waals surface area contributed by atoms with Gasteiger partial charge in [0.2, 0.25) is 0 Å². The van der Waals surface area contributed by atoms with Gasteiger partial charge >= 0.3 is 0 Å². The van der Waals surface area contributed by atoms with Gasteiger partial charge in [-0.05, 0) is 55.7 Å². The number of aromatic nitrogens is 1. The molecule has 1 aromatic carbocycles. The first kappa shape index (κ1) is 14.1. The largest absolute Gasteiger partial charge is 0.394 e. The zero-order valence-corrected chi connectivity index (χ0v) is 14.0. The normalized spacial score (nSPS) is 33.0. The lowest BCUT2D eigenvalue weighted by atomic mass is 9.63. The number of hydrogen-bond donors (Lipinski definition) is 1. The first-order chi connectivity index (χ1) is 11.3. The van der Waals surface area contributed by atoms with E-state index in [0.717, 1.165) is 12.8 Å². The van der Waals surface area contributed by atoms with Gasteiger partial charge < -0.3 is 9.67 Å². The fourth-order valence-electron chi connectivity index (χ4n) is 5.99. The Morgan fingerprint density at radius 2 is 2.13 bits per heavy atom. The van der Waals surface area contributed by atoms with E-state index < -0.39 is 0 Å². The molecule has 0 unspecified atom stereocenters. The highest BCUT2D eigenvalue weighted by Crippen LogP contribution is 2.59. The lowest BCUT2D eigenvalue weighted by Gasteiger charge is -2.56. The van der Waals surface area contributed by atoms with Crippen LogP contribution < -0.4 is 0 Å². The summed E-state index contributed by atoms with van der Waals surface area (Å²) < 4.78 is 2.51. The van der Waals surface area contributed by atoms with Crippen LogP contribution in [0.15, 0.2) is 24.3 Å². The molecule has 0 spiro atoms. The molecule has 0 amide bonds. The van der Waals surface area contributed by atoms with Crippen LogP contribution >= 0.6 is 0 Å². The van der Waals surface area contributed by atoms with Crippen LogP contribution in [0.4, 0.5) is 0 Å². The average Bonchev–Trinajstić information content (AvgIpc) is 2.95. The molecule has 0 radical (unpaired) electrons. The molecule has 3 nitrogen and oxygen atoms in total. The summed E-state index contributed by atoms with van der Waals surface area (Å²) in [7, 11) is 0. The Morgan fingerprint density at radius 3 is 2.96 bits per heavy atom. The molecule has 1 N–H and O–H groups in total. The quantitative estimate of drug-likeness (QED) is 0.917. The SMILES string of the molecule is CC[C@@]12CCCN3CCc4c(n(c5ccccc45)[C@H](CO)C1)[C@H]32. The molecule has 0 saturated carbocycles. The second-order valence-electron chi connectivity index (χ2n) is 7.80. The Kier molecular flexibility index (Phi) is 2.96. The van der Waals surface area contributed by atoms with E-state index in [1.54, 1.807) is 11.3 Å². The van der Waals surface area contributed by atoms with Gasteiger partial charge in [-0.1, -0.05) is 25.1 Å². The van der Waals surface area contributed by atoms with Gasteiger partial charge in [-0.3, -0.25) is 4.90 Å². The zero-order chi connectivity index (χ0) is 15.6. The van der Waals surface area contributed by atoms with Crippen LogP contribution in [0.5, 0.6) is 0 Å². The highest BCUT2D eigenvalue weighted by atomic mass is 16.3. The fourth-order valence-corrected chi connectivity index (χ4v) is 5.99. The molecule has 3 atom stereocenters. The highest BCUT2D eigenvalue weighted by molar-refractivity contribution is 5.86. The summed E-state index contributed by atoms with van der Waals surface area (Å²) in [5, 5.41) is 11.6. The van der Waals surface area contributed by atoms with E-state index in [4.69, 9.17) is 0 Å². The number of piperidine rings is 1. The van der Waals surface area contributed by atoms with Gasteiger partial charge in [0.15, 0.2) is 0 Å². The third-order valence-electron chi connectivity index (χ3n) is 6.95. The molecular formula is C20H26N2O. The number of aliphatic hydroxyl groups excluding tert-OH is 1. The number of rotatable bonds is 2. The maximum absolute atomic E-state index is 10.2. The molecule has 3 aliphatic rings. The van der Waals surface area contributed by atoms with Crippen molar-refractivity contribution in [2.24, 2.45) is 5.41 Å². The Hall–Kier alpha value is -1.32. The smallest absolute Gasteiger partial charge is 0.0639 e. The minimum Gasteiger partial charge on any atom is -0.394 e. The van der Waals surface area contributed by atoms with Gasteiger partial charge in [-0.2, -0.15) is 0 Å². The van der Waals surface area contributed by atoms with Gasteiger partial charge in [0, 0.05) is 23.1 Å². The molecule has 1 aromatic heterocycles. The third-order valence-corrected chi connectivity index (χ3v) is 6.95. The Morgan fingerprint density at radius 1 is 1.26 bits per heavy atom. The molecule has 3 heteroatoms. The molecule has 5 rings (SSSR count). The molecule has 122 valence electrons. The topological polar surface area (TPSA) is 28.4 Å². The summed E-state index contributed by atoms with van der Waals surface area (Å²) in [5.41, 5.74) is 4.82. The van der Waals surface area contributed by atoms with Gasteiger partial charge in [-0.15, -0.1) is 0 Å². The molecule has 0 aliphatic carbocycles. The molecule has 1 saturated heterocycles. The molecular weight excluding hydrogens is 284 g/mol. The maximum atomic E-state index is 10.2. The van der Waals surface area contributed by atoms with E-state index in [1.807, 2.05) is 0 Å². The summed E-state index contributed by atoms with van der Waals surface area (Å²) >= 11 is 0. The van der Waals surface area contributed by atoms with E-state index in [-0.39, 0.29) is 12.6 Å². The fraction of sp³-hybridized carbons (Fsp3) is 0.600.